The number of methoxy groups -OCH3 is 2. The Morgan fingerprint density at radius 2 is 2.11 bits per heavy atom. The molecule has 1 heterocycles. The van der Waals surface area contributed by atoms with Crippen molar-refractivity contribution in [3.05, 3.63) is 36.2 Å². The molecule has 1 aromatic heterocycles. The minimum Gasteiger partial charge on any atom is -0.497 e. The van der Waals surface area contributed by atoms with Crippen LogP contribution in [0.2, 0.25) is 0 Å². The van der Waals surface area contributed by atoms with Crippen LogP contribution in [0.15, 0.2) is 30.5 Å². The summed E-state index contributed by atoms with van der Waals surface area (Å²) in [6.45, 7) is 0. The lowest BCUT2D eigenvalue weighted by Crippen LogP contribution is -2.03. The van der Waals surface area contributed by atoms with Crippen LogP contribution in [0, 0.1) is 0 Å². The van der Waals surface area contributed by atoms with Crippen molar-refractivity contribution in [2.24, 2.45) is 0 Å². The third-order valence-electron chi connectivity index (χ3n) is 2.61. The van der Waals surface area contributed by atoms with Crippen molar-refractivity contribution < 1.29 is 19.4 Å². The van der Waals surface area contributed by atoms with Crippen molar-refractivity contribution >= 4 is 5.97 Å². The molecule has 100 valence electrons. The molecule has 0 fully saturated rings. The summed E-state index contributed by atoms with van der Waals surface area (Å²) in [6.07, 6.45) is 1.59. The average Bonchev–Trinajstić information content (AvgIpc) is 2.85. The molecule has 2 aromatic rings. The molecule has 0 aliphatic carbocycles. The zero-order valence-corrected chi connectivity index (χ0v) is 10.7. The molecule has 0 atom stereocenters. The van der Waals surface area contributed by atoms with Crippen molar-refractivity contribution in [3.8, 4) is 17.2 Å². The van der Waals surface area contributed by atoms with Gasteiger partial charge in [-0.25, -0.2) is 4.68 Å². The molecule has 0 spiro atoms. The molecule has 0 aliphatic rings. The third kappa shape index (κ3) is 2.85. The molecule has 0 aliphatic heterocycles. The molecule has 1 aromatic carbocycles. The number of hydrogen-bond donors (Lipinski definition) is 1. The number of ether oxygens (including phenoxy) is 2. The molecular weight excluding hydrogens is 248 g/mol. The highest BCUT2D eigenvalue weighted by Gasteiger charge is 2.10. The lowest BCUT2D eigenvalue weighted by Gasteiger charge is -2.10. The normalized spacial score (nSPS) is 10.2. The van der Waals surface area contributed by atoms with Gasteiger partial charge in [0, 0.05) is 12.3 Å². The van der Waals surface area contributed by atoms with Gasteiger partial charge in [-0.05, 0) is 18.2 Å². The summed E-state index contributed by atoms with van der Waals surface area (Å²) < 4.78 is 12.0. The first kappa shape index (κ1) is 12.9. The van der Waals surface area contributed by atoms with Crippen LogP contribution >= 0.6 is 0 Å². The van der Waals surface area contributed by atoms with Crippen LogP contribution in [-0.4, -0.2) is 35.1 Å². The second kappa shape index (κ2) is 5.43. The molecule has 19 heavy (non-hydrogen) atoms. The molecule has 0 unspecified atom stereocenters. The van der Waals surface area contributed by atoms with Gasteiger partial charge >= 0.3 is 5.97 Å². The minimum absolute atomic E-state index is 0.106. The van der Waals surface area contributed by atoms with Crippen LogP contribution in [0.3, 0.4) is 0 Å². The summed E-state index contributed by atoms with van der Waals surface area (Å²) in [5, 5.41) is 12.9. The summed E-state index contributed by atoms with van der Waals surface area (Å²) in [5.41, 5.74) is 1.21. The van der Waals surface area contributed by atoms with E-state index in [1.807, 2.05) is 0 Å². The Hall–Kier alpha value is -2.50. The summed E-state index contributed by atoms with van der Waals surface area (Å²) in [4.78, 5) is 10.6. The number of carboxylic acid groups (broad SMARTS) is 1. The maximum Gasteiger partial charge on any atom is 0.309 e. The van der Waals surface area contributed by atoms with Crippen LogP contribution in [0.1, 0.15) is 5.69 Å². The Morgan fingerprint density at radius 3 is 2.74 bits per heavy atom. The second-order valence-electron chi connectivity index (χ2n) is 3.86. The standard InChI is InChI=1S/C13H14N2O4/c1-18-10-3-4-11(12(8-10)19-2)15-6-5-9(14-15)7-13(16)17/h3-6,8H,7H2,1-2H3,(H,16,17). The highest BCUT2D eigenvalue weighted by Crippen LogP contribution is 2.27. The molecule has 0 saturated heterocycles. The minimum atomic E-state index is -0.910. The fraction of sp³-hybridized carbons (Fsp3) is 0.231. The lowest BCUT2D eigenvalue weighted by molar-refractivity contribution is -0.136. The molecule has 6 nitrogen and oxygen atoms in total. The lowest BCUT2D eigenvalue weighted by atomic mass is 10.3. The number of hydrogen-bond acceptors (Lipinski definition) is 4. The number of carboxylic acids is 1. The summed E-state index contributed by atoms with van der Waals surface area (Å²) in [7, 11) is 3.13. The summed E-state index contributed by atoms with van der Waals surface area (Å²) >= 11 is 0. The Balaban J connectivity index is 2.35. The van der Waals surface area contributed by atoms with E-state index in [9.17, 15) is 4.79 Å². The van der Waals surface area contributed by atoms with Crippen molar-refractivity contribution in [1.82, 2.24) is 9.78 Å². The van der Waals surface area contributed by atoms with Gasteiger partial charge in [-0.2, -0.15) is 5.10 Å². The van der Waals surface area contributed by atoms with Crippen LogP contribution in [0.4, 0.5) is 0 Å². The van der Waals surface area contributed by atoms with Gasteiger partial charge in [0.05, 0.1) is 26.3 Å². The Labute approximate surface area is 110 Å². The maximum atomic E-state index is 10.6. The van der Waals surface area contributed by atoms with Gasteiger partial charge in [0.25, 0.3) is 0 Å². The van der Waals surface area contributed by atoms with E-state index in [2.05, 4.69) is 5.10 Å². The Bertz CT molecular complexity index is 592. The summed E-state index contributed by atoms with van der Waals surface area (Å²) in [5.74, 6) is 0.370. The summed E-state index contributed by atoms with van der Waals surface area (Å²) in [6, 6.07) is 7.00. The first-order valence-electron chi connectivity index (χ1n) is 5.63. The van der Waals surface area contributed by atoms with Gasteiger partial charge in [-0.3, -0.25) is 4.79 Å². The zero-order valence-electron chi connectivity index (χ0n) is 10.7. The topological polar surface area (TPSA) is 73.6 Å². The molecule has 0 amide bonds. The Kier molecular flexibility index (Phi) is 3.70. The number of aliphatic carboxylic acids is 1. The third-order valence-corrected chi connectivity index (χ3v) is 2.61. The number of carbonyl (C=O) groups is 1. The van der Waals surface area contributed by atoms with Crippen LogP contribution < -0.4 is 9.47 Å². The first-order valence-corrected chi connectivity index (χ1v) is 5.63. The van der Waals surface area contributed by atoms with E-state index < -0.39 is 5.97 Å². The average molecular weight is 262 g/mol. The van der Waals surface area contributed by atoms with Gasteiger partial charge in [0.15, 0.2) is 0 Å². The SMILES string of the molecule is COc1ccc(-n2ccc(CC(=O)O)n2)c(OC)c1. The molecule has 0 saturated carbocycles. The second-order valence-corrected chi connectivity index (χ2v) is 3.86. The monoisotopic (exact) mass is 262 g/mol. The van der Waals surface area contributed by atoms with E-state index in [4.69, 9.17) is 14.6 Å². The highest BCUT2D eigenvalue weighted by molar-refractivity contribution is 5.69. The van der Waals surface area contributed by atoms with Gasteiger partial charge in [0.1, 0.15) is 17.2 Å². The highest BCUT2D eigenvalue weighted by atomic mass is 16.5. The van der Waals surface area contributed by atoms with Gasteiger partial charge in [-0.1, -0.05) is 0 Å². The largest absolute Gasteiger partial charge is 0.497 e. The molecule has 6 heteroatoms. The van der Waals surface area contributed by atoms with E-state index in [0.717, 1.165) is 5.69 Å². The first-order chi connectivity index (χ1) is 9.13. The van der Waals surface area contributed by atoms with E-state index >= 15 is 0 Å². The number of rotatable bonds is 5. The van der Waals surface area contributed by atoms with Crippen molar-refractivity contribution in [1.29, 1.82) is 0 Å². The number of benzene rings is 1. The molecule has 0 bridgehead atoms. The van der Waals surface area contributed by atoms with E-state index in [1.165, 1.54) is 0 Å². The van der Waals surface area contributed by atoms with Gasteiger partial charge < -0.3 is 14.6 Å². The number of nitrogens with zero attached hydrogens (tertiary/aromatic N) is 2. The zero-order chi connectivity index (χ0) is 13.8. The fourth-order valence-corrected chi connectivity index (χ4v) is 1.72. The molecule has 1 N–H and O–H groups in total. The molecule has 0 radical (unpaired) electrons. The Morgan fingerprint density at radius 1 is 1.32 bits per heavy atom. The van der Waals surface area contributed by atoms with Gasteiger partial charge in [-0.15, -0.1) is 0 Å². The van der Waals surface area contributed by atoms with Crippen molar-refractivity contribution in [3.63, 3.8) is 0 Å². The van der Waals surface area contributed by atoms with Crippen LogP contribution in [0.25, 0.3) is 5.69 Å². The van der Waals surface area contributed by atoms with Crippen LogP contribution in [0.5, 0.6) is 11.5 Å². The van der Waals surface area contributed by atoms with Crippen molar-refractivity contribution in [2.45, 2.75) is 6.42 Å². The number of aromatic nitrogens is 2. The van der Waals surface area contributed by atoms with E-state index in [1.54, 1.807) is 49.4 Å². The quantitative estimate of drug-likeness (QED) is 0.884. The predicted molar refractivity (Wildman–Crippen MR) is 68.0 cm³/mol. The molecular formula is C13H14N2O4. The fourth-order valence-electron chi connectivity index (χ4n) is 1.72. The van der Waals surface area contributed by atoms with Crippen LogP contribution in [-0.2, 0) is 11.2 Å². The maximum absolute atomic E-state index is 10.6. The predicted octanol–water partition coefficient (Wildman–Crippen LogP) is 1.52. The van der Waals surface area contributed by atoms with Gasteiger partial charge in [0.2, 0.25) is 0 Å². The van der Waals surface area contributed by atoms with E-state index in [-0.39, 0.29) is 6.42 Å². The molecule has 2 rings (SSSR count). The smallest absolute Gasteiger partial charge is 0.309 e. The van der Waals surface area contributed by atoms with Crippen molar-refractivity contribution in [2.75, 3.05) is 14.2 Å². The van der Waals surface area contributed by atoms with E-state index in [0.29, 0.717) is 17.2 Å².